The highest BCUT2D eigenvalue weighted by Crippen LogP contribution is 2.11. The Hall–Kier alpha value is -1.18. The first-order chi connectivity index (χ1) is 4.72. The first-order valence-electron chi connectivity index (χ1n) is 3.22. The first-order valence-corrected chi connectivity index (χ1v) is 3.22. The number of nitrogens with one attached hydrogen (secondary N) is 1. The summed E-state index contributed by atoms with van der Waals surface area (Å²) in [4.78, 5) is 2.91. The number of aliphatic hydroxyl groups excluding tert-OH is 1. The minimum Gasteiger partial charge on any atom is -0.506 e. The second-order valence-corrected chi connectivity index (χ2v) is 2.43. The van der Waals surface area contributed by atoms with Crippen LogP contribution in [0.2, 0.25) is 0 Å². The molecule has 0 fully saturated rings. The van der Waals surface area contributed by atoms with Crippen LogP contribution in [0.15, 0.2) is 23.9 Å². The topological polar surface area (TPSA) is 36.0 Å². The molecule has 2 N–H and O–H groups in total. The second kappa shape index (κ2) is 2.60. The molecule has 0 aliphatic heterocycles. The molecule has 0 radical (unpaired) electrons. The Morgan fingerprint density at radius 2 is 2.20 bits per heavy atom. The predicted molar refractivity (Wildman–Crippen MR) is 41.7 cm³/mol. The molecule has 0 aliphatic rings. The largest absolute Gasteiger partial charge is 0.506 e. The van der Waals surface area contributed by atoms with Gasteiger partial charge in [-0.25, -0.2) is 0 Å². The fourth-order valence-electron chi connectivity index (χ4n) is 0.747. The van der Waals surface area contributed by atoms with Crippen molar-refractivity contribution in [1.82, 2.24) is 4.98 Å². The summed E-state index contributed by atoms with van der Waals surface area (Å²) in [5, 5.41) is 9.34. The first kappa shape index (κ1) is 6.93. The Balaban J connectivity index is 2.99. The van der Waals surface area contributed by atoms with E-state index in [0.717, 1.165) is 11.3 Å². The Kier molecular flexibility index (Phi) is 1.81. The molecule has 1 rings (SSSR count). The lowest BCUT2D eigenvalue weighted by Gasteiger charge is -1.97. The van der Waals surface area contributed by atoms with Crippen LogP contribution in [0.3, 0.4) is 0 Å². The minimum absolute atomic E-state index is 0.338. The van der Waals surface area contributed by atoms with E-state index in [9.17, 15) is 5.11 Å². The number of aliphatic hydroxyl groups is 1. The van der Waals surface area contributed by atoms with E-state index in [1.54, 1.807) is 6.20 Å². The molecule has 0 bridgehead atoms. The van der Waals surface area contributed by atoms with Crippen molar-refractivity contribution in [2.24, 2.45) is 0 Å². The number of aromatic nitrogens is 1. The molecule has 0 aromatic carbocycles. The van der Waals surface area contributed by atoms with Crippen molar-refractivity contribution < 1.29 is 5.11 Å². The normalized spacial score (nSPS) is 9.40. The summed E-state index contributed by atoms with van der Waals surface area (Å²) < 4.78 is 0. The van der Waals surface area contributed by atoms with E-state index in [1.165, 1.54) is 0 Å². The van der Waals surface area contributed by atoms with Crippen LogP contribution in [0.25, 0.3) is 5.76 Å². The van der Waals surface area contributed by atoms with Crippen molar-refractivity contribution in [3.05, 3.63) is 29.6 Å². The van der Waals surface area contributed by atoms with Crippen molar-refractivity contribution in [2.45, 2.75) is 13.8 Å². The zero-order chi connectivity index (χ0) is 7.56. The Morgan fingerprint density at radius 1 is 1.50 bits per heavy atom. The molecule has 0 saturated heterocycles. The molecule has 0 spiro atoms. The summed E-state index contributed by atoms with van der Waals surface area (Å²) in [5.74, 6) is 0.338. The molecule has 0 amide bonds. The van der Waals surface area contributed by atoms with Gasteiger partial charge in [0.05, 0.1) is 5.69 Å². The van der Waals surface area contributed by atoms with Gasteiger partial charge in [0.15, 0.2) is 0 Å². The molecule has 54 valence electrons. The minimum atomic E-state index is 0.338. The lowest BCUT2D eigenvalue weighted by atomic mass is 10.2. The summed E-state index contributed by atoms with van der Waals surface area (Å²) in [6.07, 6.45) is 1.79. The van der Waals surface area contributed by atoms with Crippen LogP contribution in [-0.4, -0.2) is 10.1 Å². The van der Waals surface area contributed by atoms with Crippen LogP contribution < -0.4 is 0 Å². The second-order valence-electron chi connectivity index (χ2n) is 2.43. The zero-order valence-corrected chi connectivity index (χ0v) is 6.18. The number of hydrogen-bond donors (Lipinski definition) is 2. The molecule has 2 heteroatoms. The summed E-state index contributed by atoms with van der Waals surface area (Å²) in [7, 11) is 0. The fraction of sp³-hybridized carbons (Fsp3) is 0.250. The number of hydrogen-bond acceptors (Lipinski definition) is 1. The lowest BCUT2D eigenvalue weighted by Crippen LogP contribution is -1.83. The molecule has 0 saturated carbocycles. The average Bonchev–Trinajstić information content (AvgIpc) is 2.36. The van der Waals surface area contributed by atoms with Gasteiger partial charge in [-0.2, -0.15) is 0 Å². The number of allylic oxidation sites excluding steroid dienone is 1. The van der Waals surface area contributed by atoms with Crippen molar-refractivity contribution in [3.63, 3.8) is 0 Å². The third-order valence-electron chi connectivity index (χ3n) is 1.33. The predicted octanol–water partition coefficient (Wildman–Crippen LogP) is 2.32. The van der Waals surface area contributed by atoms with Crippen LogP contribution in [0.5, 0.6) is 0 Å². The maximum absolute atomic E-state index is 9.34. The van der Waals surface area contributed by atoms with E-state index < -0.39 is 0 Å². The molecular weight excluding hydrogens is 126 g/mol. The molecule has 1 heterocycles. The monoisotopic (exact) mass is 137 g/mol. The van der Waals surface area contributed by atoms with E-state index in [1.807, 2.05) is 26.0 Å². The number of H-pyrrole nitrogens is 1. The zero-order valence-electron chi connectivity index (χ0n) is 6.18. The molecule has 10 heavy (non-hydrogen) atoms. The van der Waals surface area contributed by atoms with Gasteiger partial charge in [-0.3, -0.25) is 0 Å². The summed E-state index contributed by atoms with van der Waals surface area (Å²) in [5.41, 5.74) is 1.70. The Labute approximate surface area is 60.2 Å². The molecule has 0 unspecified atom stereocenters. The van der Waals surface area contributed by atoms with Gasteiger partial charge in [0, 0.05) is 6.20 Å². The van der Waals surface area contributed by atoms with E-state index >= 15 is 0 Å². The van der Waals surface area contributed by atoms with Crippen molar-refractivity contribution in [1.29, 1.82) is 0 Å². The summed E-state index contributed by atoms with van der Waals surface area (Å²) in [6.45, 7) is 3.74. The van der Waals surface area contributed by atoms with Gasteiger partial charge in [0.1, 0.15) is 5.76 Å². The van der Waals surface area contributed by atoms with Crippen LogP contribution in [0, 0.1) is 0 Å². The van der Waals surface area contributed by atoms with Gasteiger partial charge in [0.2, 0.25) is 0 Å². The summed E-state index contributed by atoms with van der Waals surface area (Å²) in [6, 6.07) is 3.69. The van der Waals surface area contributed by atoms with E-state index in [-0.39, 0.29) is 0 Å². The average molecular weight is 137 g/mol. The third-order valence-corrected chi connectivity index (χ3v) is 1.33. The van der Waals surface area contributed by atoms with Crippen molar-refractivity contribution >= 4 is 5.76 Å². The number of rotatable bonds is 1. The molecular formula is C8H11NO. The highest BCUT2D eigenvalue weighted by molar-refractivity contribution is 5.57. The highest BCUT2D eigenvalue weighted by atomic mass is 16.3. The third kappa shape index (κ3) is 1.21. The fourth-order valence-corrected chi connectivity index (χ4v) is 0.747. The van der Waals surface area contributed by atoms with Crippen molar-refractivity contribution in [3.8, 4) is 0 Å². The highest BCUT2D eigenvalue weighted by Gasteiger charge is 1.98. The smallest absolute Gasteiger partial charge is 0.137 e. The molecule has 0 atom stereocenters. The maximum atomic E-state index is 9.34. The van der Waals surface area contributed by atoms with Crippen LogP contribution in [0.4, 0.5) is 0 Å². The van der Waals surface area contributed by atoms with Gasteiger partial charge < -0.3 is 10.1 Å². The molecule has 0 aliphatic carbocycles. The van der Waals surface area contributed by atoms with Crippen LogP contribution >= 0.6 is 0 Å². The quantitative estimate of drug-likeness (QED) is 0.572. The van der Waals surface area contributed by atoms with Gasteiger partial charge >= 0.3 is 0 Å². The van der Waals surface area contributed by atoms with E-state index in [0.29, 0.717) is 5.76 Å². The Bertz CT molecular complexity index is 230. The van der Waals surface area contributed by atoms with Gasteiger partial charge in [-0.1, -0.05) is 0 Å². The Morgan fingerprint density at radius 3 is 2.60 bits per heavy atom. The SMILES string of the molecule is CC(C)=C(O)c1ccc[nH]1. The molecule has 2 nitrogen and oxygen atoms in total. The number of aromatic amines is 1. The van der Waals surface area contributed by atoms with Gasteiger partial charge in [-0.05, 0) is 31.6 Å². The van der Waals surface area contributed by atoms with Crippen molar-refractivity contribution in [2.75, 3.05) is 0 Å². The van der Waals surface area contributed by atoms with Gasteiger partial charge in [-0.15, -0.1) is 0 Å². The van der Waals surface area contributed by atoms with Gasteiger partial charge in [0.25, 0.3) is 0 Å². The molecule has 1 aromatic heterocycles. The van der Waals surface area contributed by atoms with Crippen LogP contribution in [0.1, 0.15) is 19.5 Å². The van der Waals surface area contributed by atoms with E-state index in [4.69, 9.17) is 0 Å². The van der Waals surface area contributed by atoms with E-state index in [2.05, 4.69) is 4.98 Å². The maximum Gasteiger partial charge on any atom is 0.137 e. The lowest BCUT2D eigenvalue weighted by molar-refractivity contribution is 0.504. The molecule has 1 aromatic rings. The standard InChI is InChI=1S/C8H11NO/c1-6(2)8(10)7-4-3-5-9-7/h3-5,9-10H,1-2H3. The summed E-state index contributed by atoms with van der Waals surface area (Å²) >= 11 is 0. The van der Waals surface area contributed by atoms with Crippen LogP contribution in [-0.2, 0) is 0 Å².